The number of carbonyl (C=O) groups is 1. The topological polar surface area (TPSA) is 81.1 Å². The predicted molar refractivity (Wildman–Crippen MR) is 67.3 cm³/mol. The van der Waals surface area contributed by atoms with Crippen LogP contribution in [-0.4, -0.2) is 12.5 Å². The molecular weight excluding hydrogens is 202 g/mol. The Labute approximate surface area is 96.0 Å². The Morgan fingerprint density at radius 3 is 2.75 bits per heavy atom. The van der Waals surface area contributed by atoms with E-state index in [0.717, 1.165) is 13.0 Å². The number of carbonyl (C=O) groups excluding carboxylic acids is 1. The molecule has 1 amide bonds. The molecule has 1 aromatic carbocycles. The molecule has 0 radical (unpaired) electrons. The molecule has 0 aliphatic rings. The SMILES string of the molecule is CCC(C)CNc1c(N)cccc1C(N)=O. The summed E-state index contributed by atoms with van der Waals surface area (Å²) in [4.78, 5) is 11.2. The fourth-order valence-electron chi connectivity index (χ4n) is 1.39. The third kappa shape index (κ3) is 2.89. The zero-order chi connectivity index (χ0) is 12.1. The molecule has 0 aromatic heterocycles. The first-order valence-corrected chi connectivity index (χ1v) is 5.48. The molecule has 0 spiro atoms. The summed E-state index contributed by atoms with van der Waals surface area (Å²) in [5, 5.41) is 3.19. The van der Waals surface area contributed by atoms with E-state index in [0.29, 0.717) is 22.9 Å². The summed E-state index contributed by atoms with van der Waals surface area (Å²) in [6, 6.07) is 5.16. The van der Waals surface area contributed by atoms with Gasteiger partial charge in [-0.3, -0.25) is 4.79 Å². The highest BCUT2D eigenvalue weighted by atomic mass is 16.1. The summed E-state index contributed by atoms with van der Waals surface area (Å²) in [6.45, 7) is 5.04. The Morgan fingerprint density at radius 2 is 2.19 bits per heavy atom. The number of amides is 1. The van der Waals surface area contributed by atoms with E-state index in [1.165, 1.54) is 0 Å². The van der Waals surface area contributed by atoms with E-state index in [1.54, 1.807) is 18.2 Å². The molecule has 0 heterocycles. The van der Waals surface area contributed by atoms with E-state index in [2.05, 4.69) is 19.2 Å². The lowest BCUT2D eigenvalue weighted by atomic mass is 10.1. The number of hydrogen-bond acceptors (Lipinski definition) is 3. The molecule has 0 aliphatic carbocycles. The van der Waals surface area contributed by atoms with Gasteiger partial charge >= 0.3 is 0 Å². The van der Waals surface area contributed by atoms with Gasteiger partial charge in [-0.25, -0.2) is 0 Å². The molecule has 0 aliphatic heterocycles. The van der Waals surface area contributed by atoms with Gasteiger partial charge in [-0.1, -0.05) is 26.3 Å². The summed E-state index contributed by atoms with van der Waals surface area (Å²) >= 11 is 0. The second-order valence-electron chi connectivity index (χ2n) is 4.03. The molecule has 1 aromatic rings. The van der Waals surface area contributed by atoms with Gasteiger partial charge in [0.05, 0.1) is 16.9 Å². The minimum Gasteiger partial charge on any atom is -0.397 e. The van der Waals surface area contributed by atoms with Crippen LogP contribution in [0, 0.1) is 5.92 Å². The lowest BCUT2D eigenvalue weighted by Gasteiger charge is -2.15. The van der Waals surface area contributed by atoms with Crippen LogP contribution in [-0.2, 0) is 0 Å². The maximum atomic E-state index is 11.2. The number of para-hydroxylation sites is 1. The van der Waals surface area contributed by atoms with E-state index >= 15 is 0 Å². The van der Waals surface area contributed by atoms with Gasteiger partial charge in [-0.15, -0.1) is 0 Å². The first kappa shape index (κ1) is 12.4. The van der Waals surface area contributed by atoms with Crippen molar-refractivity contribution in [2.75, 3.05) is 17.6 Å². The van der Waals surface area contributed by atoms with E-state index in [-0.39, 0.29) is 0 Å². The zero-order valence-electron chi connectivity index (χ0n) is 9.79. The zero-order valence-corrected chi connectivity index (χ0v) is 9.79. The second kappa shape index (κ2) is 5.39. The van der Waals surface area contributed by atoms with Gasteiger partial charge in [0.2, 0.25) is 0 Å². The largest absolute Gasteiger partial charge is 0.397 e. The van der Waals surface area contributed by atoms with Crippen molar-refractivity contribution >= 4 is 17.3 Å². The molecule has 0 saturated carbocycles. The normalized spacial score (nSPS) is 12.1. The summed E-state index contributed by atoms with van der Waals surface area (Å²) in [5.74, 6) is 0.0688. The monoisotopic (exact) mass is 221 g/mol. The van der Waals surface area contributed by atoms with Crippen LogP contribution in [0.5, 0.6) is 0 Å². The van der Waals surface area contributed by atoms with E-state index in [1.807, 2.05) is 0 Å². The number of nitrogen functional groups attached to an aromatic ring is 1. The van der Waals surface area contributed by atoms with Crippen LogP contribution >= 0.6 is 0 Å². The van der Waals surface area contributed by atoms with Crippen LogP contribution in [0.2, 0.25) is 0 Å². The standard InChI is InChI=1S/C12H19N3O/c1-3-8(2)7-15-11-9(12(14)16)5-4-6-10(11)13/h4-6,8,15H,3,7,13H2,1-2H3,(H2,14,16). The highest BCUT2D eigenvalue weighted by Gasteiger charge is 2.11. The fourth-order valence-corrected chi connectivity index (χ4v) is 1.39. The highest BCUT2D eigenvalue weighted by Crippen LogP contribution is 2.23. The number of rotatable bonds is 5. The number of primary amides is 1. The average Bonchev–Trinajstić information content (AvgIpc) is 2.26. The number of nitrogens with one attached hydrogen (secondary N) is 1. The molecule has 5 N–H and O–H groups in total. The summed E-state index contributed by atoms with van der Waals surface area (Å²) < 4.78 is 0. The van der Waals surface area contributed by atoms with Crippen molar-refractivity contribution in [1.29, 1.82) is 0 Å². The van der Waals surface area contributed by atoms with Crippen molar-refractivity contribution in [2.24, 2.45) is 11.7 Å². The Morgan fingerprint density at radius 1 is 1.50 bits per heavy atom. The molecule has 1 atom stereocenters. The van der Waals surface area contributed by atoms with Crippen molar-refractivity contribution < 1.29 is 4.79 Å². The summed E-state index contributed by atoms with van der Waals surface area (Å²) in [6.07, 6.45) is 1.08. The Hall–Kier alpha value is -1.71. The molecule has 1 rings (SSSR count). The number of benzene rings is 1. The smallest absolute Gasteiger partial charge is 0.250 e. The van der Waals surface area contributed by atoms with Gasteiger partial charge in [0.15, 0.2) is 0 Å². The van der Waals surface area contributed by atoms with Gasteiger partial charge in [0.1, 0.15) is 0 Å². The first-order valence-electron chi connectivity index (χ1n) is 5.48. The number of hydrogen-bond donors (Lipinski definition) is 3. The van der Waals surface area contributed by atoms with Crippen LogP contribution in [0.15, 0.2) is 18.2 Å². The third-order valence-electron chi connectivity index (χ3n) is 2.69. The first-order chi connectivity index (χ1) is 7.56. The summed E-state index contributed by atoms with van der Waals surface area (Å²) in [5.41, 5.74) is 12.8. The molecule has 16 heavy (non-hydrogen) atoms. The van der Waals surface area contributed by atoms with Crippen molar-refractivity contribution in [3.8, 4) is 0 Å². The molecular formula is C12H19N3O. The van der Waals surface area contributed by atoms with Gasteiger partial charge in [0.25, 0.3) is 5.91 Å². The van der Waals surface area contributed by atoms with Crippen molar-refractivity contribution in [2.45, 2.75) is 20.3 Å². The molecule has 88 valence electrons. The third-order valence-corrected chi connectivity index (χ3v) is 2.69. The van der Waals surface area contributed by atoms with Crippen LogP contribution in [0.25, 0.3) is 0 Å². The fraction of sp³-hybridized carbons (Fsp3) is 0.417. The van der Waals surface area contributed by atoms with Gasteiger partial charge in [-0.05, 0) is 18.1 Å². The lowest BCUT2D eigenvalue weighted by molar-refractivity contribution is 0.100. The van der Waals surface area contributed by atoms with Gasteiger partial charge in [-0.2, -0.15) is 0 Å². The van der Waals surface area contributed by atoms with Crippen molar-refractivity contribution in [3.63, 3.8) is 0 Å². The Bertz CT molecular complexity index is 377. The van der Waals surface area contributed by atoms with Crippen LogP contribution in [0.1, 0.15) is 30.6 Å². The molecule has 4 heteroatoms. The maximum Gasteiger partial charge on any atom is 0.250 e. The molecule has 1 unspecified atom stereocenters. The van der Waals surface area contributed by atoms with Crippen LogP contribution < -0.4 is 16.8 Å². The lowest BCUT2D eigenvalue weighted by Crippen LogP contribution is -2.18. The van der Waals surface area contributed by atoms with Gasteiger partial charge < -0.3 is 16.8 Å². The van der Waals surface area contributed by atoms with Crippen molar-refractivity contribution in [3.05, 3.63) is 23.8 Å². The second-order valence-corrected chi connectivity index (χ2v) is 4.03. The highest BCUT2D eigenvalue weighted by molar-refractivity contribution is 6.01. The quantitative estimate of drug-likeness (QED) is 0.663. The molecule has 0 saturated heterocycles. The Balaban J connectivity index is 2.88. The van der Waals surface area contributed by atoms with Crippen molar-refractivity contribution in [1.82, 2.24) is 0 Å². The van der Waals surface area contributed by atoms with E-state index < -0.39 is 5.91 Å². The van der Waals surface area contributed by atoms with E-state index in [4.69, 9.17) is 11.5 Å². The number of nitrogens with two attached hydrogens (primary N) is 2. The minimum absolute atomic E-state index is 0.448. The molecule has 4 nitrogen and oxygen atoms in total. The van der Waals surface area contributed by atoms with E-state index in [9.17, 15) is 4.79 Å². The Kier molecular flexibility index (Phi) is 4.17. The maximum absolute atomic E-state index is 11.2. The number of anilines is 2. The van der Waals surface area contributed by atoms with Gasteiger partial charge in [0, 0.05) is 6.54 Å². The average molecular weight is 221 g/mol. The minimum atomic E-state index is -0.459. The van der Waals surface area contributed by atoms with Crippen LogP contribution in [0.4, 0.5) is 11.4 Å². The summed E-state index contributed by atoms with van der Waals surface area (Å²) in [7, 11) is 0. The molecule has 0 fully saturated rings. The molecule has 0 bridgehead atoms. The predicted octanol–water partition coefficient (Wildman–Crippen LogP) is 1.83. The van der Waals surface area contributed by atoms with Crippen LogP contribution in [0.3, 0.4) is 0 Å².